The van der Waals surface area contributed by atoms with Gasteiger partial charge < -0.3 is 20.4 Å². The molecule has 7 heterocycles. The zero-order valence-corrected chi connectivity index (χ0v) is 41.7. The predicted molar refractivity (Wildman–Crippen MR) is 274 cm³/mol. The number of nitrogens with zero attached hydrogens (tertiary/aromatic N) is 6. The van der Waals surface area contributed by atoms with E-state index in [1.165, 1.54) is 22.8 Å². The highest BCUT2D eigenvalue weighted by atomic mass is 19.1. The number of benzene rings is 2. The minimum absolute atomic E-state index is 0.00905. The van der Waals surface area contributed by atoms with E-state index in [9.17, 15) is 19.2 Å². The second-order valence-corrected chi connectivity index (χ2v) is 20.9. The summed E-state index contributed by atoms with van der Waals surface area (Å²) in [6.07, 6.45) is 13.3. The van der Waals surface area contributed by atoms with E-state index in [-0.39, 0.29) is 41.9 Å². The lowest BCUT2D eigenvalue weighted by atomic mass is 9.90. The molecule has 2 aromatic carbocycles. The largest absolute Gasteiger partial charge is 0.385 e. The summed E-state index contributed by atoms with van der Waals surface area (Å²) in [5, 5.41) is 9.03. The van der Waals surface area contributed by atoms with E-state index in [4.69, 9.17) is 0 Å². The number of fused-ring (bicyclic) bond motifs is 2. The Morgan fingerprint density at radius 1 is 0.986 bits per heavy atom. The SMILES string of the molecule is CNc1ccc(C2=CCNC(C)=C2/C=C(\C)C(C)N2CC=C(c3c(C)cc(C(=O)N4CCC(CN5CCN(c6ccc7c(c6)C6(CC6)C(=O)N7C6CCC(=O)NC6=O)CC5C)CC4)cc3F)CC2)cn1. The fraction of sp³-hybridized carbons (Fsp3) is 0.482. The van der Waals surface area contributed by atoms with Crippen molar-refractivity contribution in [1.82, 2.24) is 30.3 Å². The standard InChI is InChI=1S/C56H68FN9O4/c1-34(28-45-37(4)59-20-13-44(45)41-7-11-50(58-6)60-31-41)38(5)62-23-16-40(17-24-62)52-35(2)27-42(29-47(52)57)54(69)63-21-14-39(15-22-63)33-64-25-26-65(32-36(64)3)43-8-9-48-46(30-43)56(18-19-56)55(70)66(48)49-10-12-51(67)61-53(49)68/h7-9,11,13,16,27-31,36,38-39,49,59H,10,12,14-15,17-26,32-33H2,1-6H3,(H,58,60)(H,61,67,68)/b34-28+. The molecular formula is C56H68FN9O4. The molecule has 1 spiro atoms. The van der Waals surface area contributed by atoms with Crippen LogP contribution in [0.25, 0.3) is 11.1 Å². The number of hydrogen-bond donors (Lipinski definition) is 3. The molecule has 3 unspecified atom stereocenters. The first-order valence-corrected chi connectivity index (χ1v) is 25.5. The van der Waals surface area contributed by atoms with Gasteiger partial charge in [-0.25, -0.2) is 9.37 Å². The van der Waals surface area contributed by atoms with Crippen molar-refractivity contribution in [2.45, 2.75) is 103 Å². The van der Waals surface area contributed by atoms with Crippen LogP contribution in [0.3, 0.4) is 0 Å². The van der Waals surface area contributed by atoms with Crippen LogP contribution in [0.15, 0.2) is 83.7 Å². The Labute approximate surface area is 411 Å². The number of likely N-dealkylation sites (tertiary alicyclic amines) is 1. The summed E-state index contributed by atoms with van der Waals surface area (Å²) in [4.78, 5) is 67.9. The minimum atomic E-state index is -0.652. The van der Waals surface area contributed by atoms with E-state index in [0.29, 0.717) is 49.1 Å². The maximum absolute atomic E-state index is 16.1. The Bertz CT molecular complexity index is 2710. The molecule has 3 saturated heterocycles. The van der Waals surface area contributed by atoms with Gasteiger partial charge in [-0.2, -0.15) is 0 Å². The molecule has 3 N–H and O–H groups in total. The third kappa shape index (κ3) is 8.97. The first-order valence-electron chi connectivity index (χ1n) is 25.5. The molecule has 1 aliphatic carbocycles. The molecule has 3 aromatic rings. The highest BCUT2D eigenvalue weighted by Gasteiger charge is 2.61. The van der Waals surface area contributed by atoms with Gasteiger partial charge in [0.15, 0.2) is 0 Å². The number of pyridine rings is 1. The number of carbonyl (C=O) groups is 4. The molecule has 1 aromatic heterocycles. The number of piperazine rings is 1. The van der Waals surface area contributed by atoms with Crippen molar-refractivity contribution in [3.8, 4) is 0 Å². The van der Waals surface area contributed by atoms with Crippen molar-refractivity contribution >= 4 is 52.0 Å². The summed E-state index contributed by atoms with van der Waals surface area (Å²) in [5.74, 6) is 0.206. The second kappa shape index (κ2) is 19.2. The van der Waals surface area contributed by atoms with Crippen LogP contribution < -0.4 is 25.8 Å². The summed E-state index contributed by atoms with van der Waals surface area (Å²) < 4.78 is 16.1. The number of anilines is 3. The third-order valence-electron chi connectivity index (χ3n) is 16.6. The number of aromatic nitrogens is 1. The number of hydrogen-bond acceptors (Lipinski definition) is 10. The highest BCUT2D eigenvalue weighted by molar-refractivity contribution is 6.15. The molecule has 4 amide bonds. The summed E-state index contributed by atoms with van der Waals surface area (Å²) in [7, 11) is 1.87. The quantitative estimate of drug-likeness (QED) is 0.170. The van der Waals surface area contributed by atoms with Gasteiger partial charge >= 0.3 is 0 Å². The van der Waals surface area contributed by atoms with Crippen molar-refractivity contribution < 1.29 is 23.6 Å². The van der Waals surface area contributed by atoms with Crippen LogP contribution in [0, 0.1) is 18.7 Å². The van der Waals surface area contributed by atoms with Crippen LogP contribution in [-0.4, -0.2) is 127 Å². The Morgan fingerprint density at radius 2 is 1.79 bits per heavy atom. The zero-order valence-electron chi connectivity index (χ0n) is 41.7. The van der Waals surface area contributed by atoms with Gasteiger partial charge in [-0.3, -0.25) is 39.2 Å². The fourth-order valence-corrected chi connectivity index (χ4v) is 12.0. The molecule has 6 aliphatic heterocycles. The summed E-state index contributed by atoms with van der Waals surface area (Å²) in [5.41, 5.74) is 11.1. The first-order chi connectivity index (χ1) is 33.7. The van der Waals surface area contributed by atoms with E-state index in [0.717, 1.165) is 117 Å². The number of piperidine rings is 2. The number of aryl methyl sites for hydroxylation is 1. The third-order valence-corrected chi connectivity index (χ3v) is 16.6. The van der Waals surface area contributed by atoms with Crippen molar-refractivity contribution in [3.63, 3.8) is 0 Å². The van der Waals surface area contributed by atoms with E-state index in [2.05, 4.69) is 99.8 Å². The van der Waals surface area contributed by atoms with Crippen LogP contribution >= 0.6 is 0 Å². The van der Waals surface area contributed by atoms with Gasteiger partial charge in [-0.05, 0) is 144 Å². The second-order valence-electron chi connectivity index (χ2n) is 20.9. The number of rotatable bonds is 11. The minimum Gasteiger partial charge on any atom is -0.385 e. The fourth-order valence-electron chi connectivity index (χ4n) is 12.0. The van der Waals surface area contributed by atoms with Gasteiger partial charge in [0.1, 0.15) is 17.7 Å². The molecule has 14 heteroatoms. The topological polar surface area (TPSA) is 133 Å². The predicted octanol–water partition coefficient (Wildman–Crippen LogP) is 7.20. The van der Waals surface area contributed by atoms with Crippen molar-refractivity contribution in [3.05, 3.63) is 117 Å². The van der Waals surface area contributed by atoms with Crippen LogP contribution in [-0.2, 0) is 19.8 Å². The van der Waals surface area contributed by atoms with Gasteiger partial charge in [0.2, 0.25) is 17.7 Å². The van der Waals surface area contributed by atoms with Crippen molar-refractivity contribution in [1.29, 1.82) is 0 Å². The molecule has 13 nitrogen and oxygen atoms in total. The van der Waals surface area contributed by atoms with Gasteiger partial charge in [-0.15, -0.1) is 0 Å². The molecular weight excluding hydrogens is 882 g/mol. The number of dihydropyridines is 1. The Balaban J connectivity index is 0.715. The van der Waals surface area contributed by atoms with Crippen LogP contribution in [0.2, 0.25) is 0 Å². The van der Waals surface area contributed by atoms with E-state index in [1.807, 2.05) is 43.3 Å². The Hall–Kier alpha value is -6.12. The first kappa shape index (κ1) is 47.6. The lowest BCUT2D eigenvalue weighted by Crippen LogP contribution is -2.54. The normalized spacial score (nSPS) is 23.8. The maximum Gasteiger partial charge on any atom is 0.253 e. The highest BCUT2D eigenvalue weighted by Crippen LogP contribution is 2.59. The molecule has 4 fully saturated rings. The number of carbonyl (C=O) groups excluding carboxylic acids is 4. The molecule has 3 atom stereocenters. The zero-order chi connectivity index (χ0) is 49.0. The monoisotopic (exact) mass is 950 g/mol. The van der Waals surface area contributed by atoms with Gasteiger partial charge in [-0.1, -0.05) is 23.8 Å². The maximum atomic E-state index is 16.1. The van der Waals surface area contributed by atoms with Crippen LogP contribution in [0.4, 0.5) is 21.6 Å². The van der Waals surface area contributed by atoms with Crippen LogP contribution in [0.1, 0.15) is 105 Å². The number of halogens is 1. The molecule has 368 valence electrons. The van der Waals surface area contributed by atoms with Gasteiger partial charge in [0.05, 0.1) is 5.41 Å². The van der Waals surface area contributed by atoms with Crippen molar-refractivity contribution in [2.24, 2.45) is 5.92 Å². The lowest BCUT2D eigenvalue weighted by molar-refractivity contribution is -0.135. The van der Waals surface area contributed by atoms with E-state index in [1.54, 1.807) is 4.90 Å². The number of amides is 4. The summed E-state index contributed by atoms with van der Waals surface area (Å²) in [6, 6.07) is 13.6. The average molecular weight is 950 g/mol. The Morgan fingerprint density at radius 3 is 2.46 bits per heavy atom. The number of allylic oxidation sites excluding steroid dienone is 4. The van der Waals surface area contributed by atoms with E-state index >= 15 is 4.39 Å². The number of nitrogens with one attached hydrogen (secondary N) is 3. The molecule has 0 bridgehead atoms. The lowest BCUT2D eigenvalue weighted by Gasteiger charge is -2.43. The molecule has 10 rings (SSSR count). The summed E-state index contributed by atoms with van der Waals surface area (Å²) >= 11 is 0. The molecule has 1 saturated carbocycles. The van der Waals surface area contributed by atoms with Crippen molar-refractivity contribution in [2.75, 3.05) is 81.1 Å². The summed E-state index contributed by atoms with van der Waals surface area (Å²) in [6.45, 7) is 18.0. The molecule has 0 radical (unpaired) electrons. The molecule has 70 heavy (non-hydrogen) atoms. The van der Waals surface area contributed by atoms with Crippen LogP contribution in [0.5, 0.6) is 0 Å². The Kier molecular flexibility index (Phi) is 13.1. The molecule has 7 aliphatic rings. The van der Waals surface area contributed by atoms with Gasteiger partial charge in [0.25, 0.3) is 5.91 Å². The number of imide groups is 1. The average Bonchev–Trinajstić information content (AvgIpc) is 4.14. The van der Waals surface area contributed by atoms with Gasteiger partial charge in [0, 0.05) is 130 Å². The van der Waals surface area contributed by atoms with E-state index < -0.39 is 11.5 Å². The smallest absolute Gasteiger partial charge is 0.253 e.